The van der Waals surface area contributed by atoms with Crippen molar-refractivity contribution in [3.8, 4) is 18.1 Å². The van der Waals surface area contributed by atoms with Crippen LogP contribution >= 0.6 is 35.0 Å². The normalized spacial score (nSPS) is 10.4. The topological polar surface area (TPSA) is 42.8 Å². The van der Waals surface area contributed by atoms with E-state index in [1.807, 2.05) is 6.26 Å². The number of benzene rings is 1. The van der Waals surface area contributed by atoms with Gasteiger partial charge in [0.25, 0.3) is 0 Å². The Labute approximate surface area is 126 Å². The van der Waals surface area contributed by atoms with E-state index < -0.39 is 0 Å². The largest absolute Gasteiger partial charge is 0.478 e. The first kappa shape index (κ1) is 16.0. The molecule has 0 aliphatic rings. The summed E-state index contributed by atoms with van der Waals surface area (Å²) in [5, 5.41) is 0.694. The highest BCUT2D eigenvalue weighted by Crippen LogP contribution is 2.36. The van der Waals surface area contributed by atoms with Crippen LogP contribution in [0, 0.1) is 12.3 Å². The Morgan fingerprint density at radius 1 is 1.47 bits per heavy atom. The number of hydrogen-bond donors (Lipinski definition) is 1. The second-order valence-electron chi connectivity index (χ2n) is 3.16. The number of halogens is 2. The molecule has 102 valence electrons. The van der Waals surface area contributed by atoms with Gasteiger partial charge in [-0.15, -0.1) is 18.2 Å². The number of terminal acetylenes is 1. The molecule has 1 N–H and O–H groups in total. The van der Waals surface area contributed by atoms with Gasteiger partial charge in [0, 0.05) is 0 Å². The zero-order valence-electron chi connectivity index (χ0n) is 10.2. The van der Waals surface area contributed by atoms with Gasteiger partial charge in [0.1, 0.15) is 18.9 Å². The number of nitrogens with one attached hydrogen (secondary N) is 1. The van der Waals surface area contributed by atoms with Gasteiger partial charge in [-0.25, -0.2) is 4.99 Å². The van der Waals surface area contributed by atoms with Gasteiger partial charge in [-0.3, -0.25) is 10.3 Å². The Kier molecular flexibility index (Phi) is 7.53. The standard InChI is InChI=1S/C12H12Cl2N2O2S/c1-3-4-17-12-10(13)5-9(6-11(12)14)15-7-16-18-8-19-2/h1,5-7H,4,8H2,2H3,(H,15,16). The molecule has 19 heavy (non-hydrogen) atoms. The van der Waals surface area contributed by atoms with E-state index in [1.54, 1.807) is 23.9 Å². The van der Waals surface area contributed by atoms with Crippen molar-refractivity contribution in [3.63, 3.8) is 0 Å². The van der Waals surface area contributed by atoms with Gasteiger partial charge in [-0.05, 0) is 18.4 Å². The average Bonchev–Trinajstić information content (AvgIpc) is 2.38. The molecule has 0 heterocycles. The van der Waals surface area contributed by atoms with Crippen molar-refractivity contribution >= 4 is 47.0 Å². The lowest BCUT2D eigenvalue weighted by atomic mass is 10.3. The Morgan fingerprint density at radius 3 is 2.74 bits per heavy atom. The van der Waals surface area contributed by atoms with Crippen molar-refractivity contribution in [3.05, 3.63) is 22.2 Å². The van der Waals surface area contributed by atoms with Crippen LogP contribution in [-0.4, -0.2) is 25.1 Å². The van der Waals surface area contributed by atoms with Crippen LogP contribution in [-0.2, 0) is 4.84 Å². The quantitative estimate of drug-likeness (QED) is 0.209. The molecule has 1 aromatic carbocycles. The van der Waals surface area contributed by atoms with Crippen LogP contribution in [0.2, 0.25) is 10.0 Å². The number of hydrogen-bond acceptors (Lipinski definition) is 4. The van der Waals surface area contributed by atoms with Crippen LogP contribution in [0.25, 0.3) is 0 Å². The van der Waals surface area contributed by atoms with Gasteiger partial charge < -0.3 is 4.74 Å². The monoisotopic (exact) mass is 318 g/mol. The molecule has 1 rings (SSSR count). The Morgan fingerprint density at radius 2 is 2.16 bits per heavy atom. The molecule has 0 saturated carbocycles. The minimum Gasteiger partial charge on any atom is -0.478 e. The molecule has 1 aromatic rings. The summed E-state index contributed by atoms with van der Waals surface area (Å²) in [5.41, 5.74) is 3.14. The third-order valence-corrected chi connectivity index (χ3v) is 2.72. The number of rotatable bonds is 7. The predicted octanol–water partition coefficient (Wildman–Crippen LogP) is 3.51. The van der Waals surface area contributed by atoms with E-state index in [9.17, 15) is 0 Å². The minimum atomic E-state index is 0.103. The molecule has 0 atom stereocenters. The lowest BCUT2D eigenvalue weighted by Crippen LogP contribution is -2.10. The first-order valence-corrected chi connectivity index (χ1v) is 7.28. The Balaban J connectivity index is 2.69. The fourth-order valence-corrected chi connectivity index (χ4v) is 1.87. The molecule has 0 radical (unpaired) electrons. The fourth-order valence-electron chi connectivity index (χ4n) is 1.10. The maximum Gasteiger partial charge on any atom is 0.158 e. The summed E-state index contributed by atoms with van der Waals surface area (Å²) in [4.78, 5) is 9.08. The number of nitrogens with zero attached hydrogens (tertiary/aromatic N) is 1. The Bertz CT molecular complexity index is 466. The molecular weight excluding hydrogens is 307 g/mol. The van der Waals surface area contributed by atoms with E-state index >= 15 is 0 Å². The van der Waals surface area contributed by atoms with Crippen molar-refractivity contribution in [2.24, 2.45) is 4.99 Å². The van der Waals surface area contributed by atoms with Crippen molar-refractivity contribution in [1.82, 2.24) is 5.48 Å². The van der Waals surface area contributed by atoms with Crippen LogP contribution in [0.4, 0.5) is 5.69 Å². The highest BCUT2D eigenvalue weighted by molar-refractivity contribution is 7.98. The molecule has 0 spiro atoms. The van der Waals surface area contributed by atoms with Gasteiger partial charge in [0.2, 0.25) is 0 Å². The number of hydroxylamine groups is 1. The Hall–Kier alpha value is -1.06. The maximum atomic E-state index is 6.03. The zero-order valence-corrected chi connectivity index (χ0v) is 12.5. The summed E-state index contributed by atoms with van der Waals surface area (Å²) >= 11 is 13.6. The van der Waals surface area contributed by atoms with Crippen LogP contribution < -0.4 is 10.2 Å². The summed E-state index contributed by atoms with van der Waals surface area (Å²) in [5.74, 6) is 3.22. The lowest BCUT2D eigenvalue weighted by Gasteiger charge is -2.08. The minimum absolute atomic E-state index is 0.103. The molecule has 0 aliphatic carbocycles. The maximum absolute atomic E-state index is 6.03. The number of ether oxygens (including phenoxy) is 1. The summed E-state index contributed by atoms with van der Waals surface area (Å²) in [6.45, 7) is 0.103. The second kappa shape index (κ2) is 8.94. The van der Waals surface area contributed by atoms with Gasteiger partial charge in [-0.1, -0.05) is 29.1 Å². The van der Waals surface area contributed by atoms with Crippen LogP contribution in [0.15, 0.2) is 17.1 Å². The van der Waals surface area contributed by atoms with E-state index in [0.29, 0.717) is 27.4 Å². The average molecular weight is 319 g/mol. The van der Waals surface area contributed by atoms with Gasteiger partial charge in [-0.2, -0.15) is 0 Å². The molecule has 0 aromatic heterocycles. The third kappa shape index (κ3) is 5.62. The SMILES string of the molecule is C#CCOc1c(Cl)cc(N=CNOCSC)cc1Cl. The van der Waals surface area contributed by atoms with E-state index in [2.05, 4.69) is 16.4 Å². The highest BCUT2D eigenvalue weighted by Gasteiger charge is 2.08. The molecule has 0 unspecified atom stereocenters. The number of thioether (sulfide) groups is 1. The van der Waals surface area contributed by atoms with Crippen molar-refractivity contribution in [2.45, 2.75) is 0 Å². The summed E-state index contributed by atoms with van der Waals surface area (Å²) in [7, 11) is 0. The van der Waals surface area contributed by atoms with Gasteiger partial charge in [0.15, 0.2) is 5.75 Å². The van der Waals surface area contributed by atoms with E-state index in [1.165, 1.54) is 6.34 Å². The first-order valence-electron chi connectivity index (χ1n) is 5.13. The van der Waals surface area contributed by atoms with Crippen LogP contribution in [0.1, 0.15) is 0 Å². The highest BCUT2D eigenvalue weighted by atomic mass is 35.5. The van der Waals surface area contributed by atoms with Gasteiger partial charge in [0.05, 0.1) is 15.7 Å². The predicted molar refractivity (Wildman–Crippen MR) is 81.5 cm³/mol. The summed E-state index contributed by atoms with van der Waals surface area (Å²) in [6.07, 6.45) is 8.43. The van der Waals surface area contributed by atoms with Gasteiger partial charge >= 0.3 is 0 Å². The summed E-state index contributed by atoms with van der Waals surface area (Å²) < 4.78 is 5.23. The van der Waals surface area contributed by atoms with E-state index in [4.69, 9.17) is 39.2 Å². The van der Waals surface area contributed by atoms with Crippen molar-refractivity contribution < 1.29 is 9.57 Å². The third-order valence-electron chi connectivity index (χ3n) is 1.81. The molecule has 0 saturated heterocycles. The van der Waals surface area contributed by atoms with Crippen LogP contribution in [0.5, 0.6) is 5.75 Å². The second-order valence-corrected chi connectivity index (χ2v) is 4.79. The van der Waals surface area contributed by atoms with E-state index in [0.717, 1.165) is 0 Å². The zero-order chi connectivity index (χ0) is 14.1. The van der Waals surface area contributed by atoms with Crippen molar-refractivity contribution in [1.29, 1.82) is 0 Å². The summed E-state index contributed by atoms with van der Waals surface area (Å²) in [6, 6.07) is 3.23. The molecule has 7 heteroatoms. The molecule has 0 amide bonds. The first-order chi connectivity index (χ1) is 9.19. The molecular formula is C12H12Cl2N2O2S. The molecule has 0 aliphatic heterocycles. The molecule has 0 bridgehead atoms. The smallest absolute Gasteiger partial charge is 0.158 e. The van der Waals surface area contributed by atoms with Crippen LogP contribution in [0.3, 0.4) is 0 Å². The fraction of sp³-hybridized carbons (Fsp3) is 0.250. The lowest BCUT2D eigenvalue weighted by molar-refractivity contribution is 0.134. The van der Waals surface area contributed by atoms with Crippen molar-refractivity contribution in [2.75, 3.05) is 18.8 Å². The number of aliphatic imine (C=N–C) groups is 1. The molecule has 0 fully saturated rings. The molecule has 4 nitrogen and oxygen atoms in total. The van der Waals surface area contributed by atoms with E-state index in [-0.39, 0.29) is 6.61 Å².